The van der Waals surface area contributed by atoms with Crippen LogP contribution in [0.4, 0.5) is 5.82 Å². The van der Waals surface area contributed by atoms with Gasteiger partial charge in [-0.15, -0.1) is 45.0 Å². The maximum Gasteiger partial charge on any atom is 0.294 e. The number of hydrogen-bond acceptors (Lipinski definition) is 9. The quantitative estimate of drug-likeness (QED) is 0.277. The molecule has 1 aromatic carbocycles. The van der Waals surface area contributed by atoms with Gasteiger partial charge in [0.1, 0.15) is 19.0 Å². The van der Waals surface area contributed by atoms with Crippen LogP contribution in [0.2, 0.25) is 0 Å². The van der Waals surface area contributed by atoms with Crippen molar-refractivity contribution in [1.29, 1.82) is 0 Å². The largest absolute Gasteiger partial charge is 0.370 e. The molecule has 1 heterocycles. The first kappa shape index (κ1) is 26.4. The topological polar surface area (TPSA) is 133 Å². The van der Waals surface area contributed by atoms with E-state index in [0.29, 0.717) is 19.5 Å². The minimum atomic E-state index is -0.862. The van der Waals surface area contributed by atoms with E-state index in [-0.39, 0.29) is 51.1 Å². The van der Waals surface area contributed by atoms with Gasteiger partial charge in [-0.3, -0.25) is 4.90 Å². The maximum absolute atomic E-state index is 10.2. The Labute approximate surface area is 179 Å². The van der Waals surface area contributed by atoms with Gasteiger partial charge >= 0.3 is 0 Å². The molecule has 0 radical (unpaired) electrons. The number of benzene rings is 1. The number of nitrogens with zero attached hydrogens (tertiary/aromatic N) is 4. The van der Waals surface area contributed by atoms with Gasteiger partial charge in [0.05, 0.1) is 0 Å². The molecule has 0 amide bonds. The van der Waals surface area contributed by atoms with Crippen molar-refractivity contribution >= 4 is 41.4 Å². The van der Waals surface area contributed by atoms with Crippen molar-refractivity contribution in [2.45, 2.75) is 6.42 Å². The summed E-state index contributed by atoms with van der Waals surface area (Å²) in [5.74, 6) is 0.785. The summed E-state index contributed by atoms with van der Waals surface area (Å²) in [5.41, 5.74) is 0. The number of halogens is 2. The average Bonchev–Trinajstić information content (AvgIpc) is 2.64. The molecule has 162 valence electrons. The molecule has 2 rings (SSSR count). The molecule has 1 aromatic heterocycles. The van der Waals surface area contributed by atoms with Crippen LogP contribution in [0.15, 0.2) is 36.5 Å². The average molecular weight is 452 g/mol. The van der Waals surface area contributed by atoms with Gasteiger partial charge in [0.15, 0.2) is 0 Å². The van der Waals surface area contributed by atoms with Crippen molar-refractivity contribution in [2.24, 2.45) is 0 Å². The molecule has 0 aliphatic carbocycles. The van der Waals surface area contributed by atoms with E-state index in [2.05, 4.69) is 20.0 Å². The summed E-state index contributed by atoms with van der Waals surface area (Å²) < 4.78 is 0. The molecule has 29 heavy (non-hydrogen) atoms. The van der Waals surface area contributed by atoms with E-state index in [4.69, 9.17) is 0 Å². The van der Waals surface area contributed by atoms with E-state index < -0.39 is 10.2 Å². The smallest absolute Gasteiger partial charge is 0.294 e. The monoisotopic (exact) mass is 451 g/mol. The van der Waals surface area contributed by atoms with Crippen LogP contribution in [0.5, 0.6) is 0 Å². The van der Waals surface area contributed by atoms with Crippen molar-refractivity contribution in [3.8, 4) is 0 Å². The number of fused-ring (bicyclic) bond motifs is 1. The standard InChI is InChI=1S/C16H21N5O6.2ClH/c22-20(23)26-12-10-19(11-13-27-21(24)25)9-3-7-17-16-15-5-2-1-4-14(15)6-8-18-16;;/h1-2,4-6,8H,3,7,9-13H2,(H,17,18);2*1H. The molecule has 11 nitrogen and oxygen atoms in total. The van der Waals surface area contributed by atoms with Gasteiger partial charge in [0.2, 0.25) is 0 Å². The zero-order valence-electron chi connectivity index (χ0n) is 15.5. The Kier molecular flexibility index (Phi) is 13.1. The van der Waals surface area contributed by atoms with Crippen LogP contribution in [0.1, 0.15) is 6.42 Å². The minimum absolute atomic E-state index is 0. The summed E-state index contributed by atoms with van der Waals surface area (Å²) in [6.45, 7) is 1.53. The van der Waals surface area contributed by atoms with Crippen LogP contribution >= 0.6 is 24.8 Å². The van der Waals surface area contributed by atoms with Crippen LogP contribution in [0.25, 0.3) is 10.8 Å². The third-order valence-corrected chi connectivity index (χ3v) is 3.83. The zero-order valence-corrected chi connectivity index (χ0v) is 17.1. The lowest BCUT2D eigenvalue weighted by Gasteiger charge is -2.21. The summed E-state index contributed by atoms with van der Waals surface area (Å²) in [6.07, 6.45) is 2.45. The molecular formula is C16H23Cl2N5O6. The van der Waals surface area contributed by atoms with E-state index >= 15 is 0 Å². The summed E-state index contributed by atoms with van der Waals surface area (Å²) in [6, 6.07) is 9.84. The van der Waals surface area contributed by atoms with E-state index in [1.54, 1.807) is 6.20 Å². The minimum Gasteiger partial charge on any atom is -0.370 e. The third kappa shape index (κ3) is 9.92. The lowest BCUT2D eigenvalue weighted by atomic mass is 10.1. The van der Waals surface area contributed by atoms with Crippen LogP contribution in [0, 0.1) is 20.2 Å². The Morgan fingerprint density at radius 2 is 1.59 bits per heavy atom. The lowest BCUT2D eigenvalue weighted by molar-refractivity contribution is -0.758. The fraction of sp³-hybridized carbons (Fsp3) is 0.438. The second-order valence-electron chi connectivity index (χ2n) is 5.62. The maximum atomic E-state index is 10.2. The molecule has 13 heteroatoms. The SMILES string of the molecule is Cl.Cl.O=[N+]([O-])OCCN(CCCNc1nccc2ccccc12)CCO[N+](=O)[O-]. The fourth-order valence-corrected chi connectivity index (χ4v) is 2.59. The highest BCUT2D eigenvalue weighted by atomic mass is 35.5. The molecule has 0 atom stereocenters. The Balaban J connectivity index is 0.00000392. The Morgan fingerprint density at radius 3 is 2.21 bits per heavy atom. The van der Waals surface area contributed by atoms with E-state index in [0.717, 1.165) is 16.6 Å². The number of rotatable bonds is 13. The summed E-state index contributed by atoms with van der Waals surface area (Å²) >= 11 is 0. The summed E-state index contributed by atoms with van der Waals surface area (Å²) in [7, 11) is 0. The van der Waals surface area contributed by atoms with Crippen molar-refractivity contribution < 1.29 is 19.8 Å². The summed E-state index contributed by atoms with van der Waals surface area (Å²) in [5, 5.41) is 24.1. The van der Waals surface area contributed by atoms with Gasteiger partial charge in [-0.1, -0.05) is 24.3 Å². The molecule has 0 spiro atoms. The Bertz CT molecular complexity index is 744. The van der Waals surface area contributed by atoms with Crippen LogP contribution < -0.4 is 5.32 Å². The van der Waals surface area contributed by atoms with Crippen molar-refractivity contribution in [2.75, 3.05) is 44.7 Å². The van der Waals surface area contributed by atoms with E-state index in [9.17, 15) is 20.2 Å². The first-order chi connectivity index (χ1) is 13.1. The number of anilines is 1. The van der Waals surface area contributed by atoms with Crippen LogP contribution in [-0.2, 0) is 9.68 Å². The highest BCUT2D eigenvalue weighted by Crippen LogP contribution is 2.20. The Morgan fingerprint density at radius 1 is 0.966 bits per heavy atom. The molecule has 0 unspecified atom stereocenters. The van der Waals surface area contributed by atoms with Gasteiger partial charge in [-0.2, -0.15) is 0 Å². The van der Waals surface area contributed by atoms with E-state index in [1.807, 2.05) is 35.2 Å². The van der Waals surface area contributed by atoms with Crippen LogP contribution in [-0.4, -0.2) is 59.4 Å². The van der Waals surface area contributed by atoms with Gasteiger partial charge in [-0.05, 0) is 24.4 Å². The van der Waals surface area contributed by atoms with Crippen molar-refractivity contribution in [3.63, 3.8) is 0 Å². The molecule has 0 saturated carbocycles. The molecule has 0 aliphatic rings. The molecule has 1 N–H and O–H groups in total. The number of pyridine rings is 1. The molecular weight excluding hydrogens is 429 g/mol. The van der Waals surface area contributed by atoms with Crippen molar-refractivity contribution in [3.05, 3.63) is 56.8 Å². The number of hydrogen-bond donors (Lipinski definition) is 1. The summed E-state index contributed by atoms with van der Waals surface area (Å²) in [4.78, 5) is 35.2. The second-order valence-corrected chi connectivity index (χ2v) is 5.62. The van der Waals surface area contributed by atoms with Gasteiger partial charge in [0, 0.05) is 31.2 Å². The van der Waals surface area contributed by atoms with Crippen LogP contribution in [0.3, 0.4) is 0 Å². The number of aromatic nitrogens is 1. The van der Waals surface area contributed by atoms with Gasteiger partial charge in [-0.25, -0.2) is 4.98 Å². The highest BCUT2D eigenvalue weighted by Gasteiger charge is 2.08. The zero-order chi connectivity index (χ0) is 19.5. The number of nitrogens with one attached hydrogen (secondary N) is 1. The highest BCUT2D eigenvalue weighted by molar-refractivity contribution is 5.91. The first-order valence-electron chi connectivity index (χ1n) is 8.41. The van der Waals surface area contributed by atoms with Gasteiger partial charge in [0.25, 0.3) is 10.2 Å². The molecule has 0 bridgehead atoms. The normalized spacial score (nSPS) is 9.97. The second kappa shape index (κ2) is 14.4. The lowest BCUT2D eigenvalue weighted by Crippen LogP contribution is -2.33. The van der Waals surface area contributed by atoms with Crippen molar-refractivity contribution in [1.82, 2.24) is 9.88 Å². The predicted octanol–water partition coefficient (Wildman–Crippen LogP) is 2.60. The van der Waals surface area contributed by atoms with Gasteiger partial charge < -0.3 is 15.0 Å². The molecule has 0 fully saturated rings. The third-order valence-electron chi connectivity index (χ3n) is 3.83. The fourth-order valence-electron chi connectivity index (χ4n) is 2.59. The first-order valence-corrected chi connectivity index (χ1v) is 8.41. The predicted molar refractivity (Wildman–Crippen MR) is 112 cm³/mol. The Hall–Kier alpha value is -2.63. The van der Waals surface area contributed by atoms with E-state index in [1.165, 1.54) is 0 Å². The molecule has 0 saturated heterocycles. The molecule has 2 aromatic rings. The molecule has 0 aliphatic heterocycles.